The molecule has 0 aliphatic carbocycles. The molecular formula is C15H16N2O4. The van der Waals surface area contributed by atoms with Crippen molar-refractivity contribution in [2.45, 2.75) is 31.9 Å². The molecule has 0 aromatic heterocycles. The van der Waals surface area contributed by atoms with E-state index in [0.29, 0.717) is 11.7 Å². The molecule has 0 bridgehead atoms. The summed E-state index contributed by atoms with van der Waals surface area (Å²) in [5, 5.41) is 10.6. The molecule has 1 aromatic rings. The average Bonchev–Trinajstić information content (AvgIpc) is 2.46. The van der Waals surface area contributed by atoms with E-state index in [1.165, 1.54) is 12.1 Å². The summed E-state index contributed by atoms with van der Waals surface area (Å²) >= 11 is 0. The van der Waals surface area contributed by atoms with E-state index >= 15 is 0 Å². The van der Waals surface area contributed by atoms with E-state index in [4.69, 9.17) is 4.74 Å². The number of carbonyl (C=O) groups is 1. The van der Waals surface area contributed by atoms with Gasteiger partial charge in [0.2, 0.25) is 0 Å². The molecule has 0 radical (unpaired) electrons. The van der Waals surface area contributed by atoms with Gasteiger partial charge in [0.05, 0.1) is 4.92 Å². The number of benzene rings is 1. The number of allylic oxidation sites excluding steroid dienone is 1. The van der Waals surface area contributed by atoms with Crippen LogP contribution in [0.4, 0.5) is 5.69 Å². The normalized spacial score (nSPS) is 20.1. The fraction of sp³-hybridized carbons (Fsp3) is 0.400. The van der Waals surface area contributed by atoms with Crippen LogP contribution in [0.1, 0.15) is 24.8 Å². The van der Waals surface area contributed by atoms with E-state index in [2.05, 4.69) is 4.90 Å². The standard InChI is InChI=1S/C15H16N2O4/c18-15(14-3-1-2-12-8-9-16(12)14)21-10-11-4-6-13(7-5-11)17(19)20/h3-7,12H,1-2,8-10H2. The lowest BCUT2D eigenvalue weighted by Gasteiger charge is -2.45. The zero-order valence-corrected chi connectivity index (χ0v) is 11.5. The zero-order chi connectivity index (χ0) is 14.8. The Labute approximate surface area is 122 Å². The van der Waals surface area contributed by atoms with Crippen LogP contribution in [0.15, 0.2) is 36.0 Å². The van der Waals surface area contributed by atoms with Crippen LogP contribution in [0.2, 0.25) is 0 Å². The molecule has 3 rings (SSSR count). The van der Waals surface area contributed by atoms with Gasteiger partial charge in [-0.3, -0.25) is 10.1 Å². The van der Waals surface area contributed by atoms with Gasteiger partial charge in [-0.15, -0.1) is 0 Å². The van der Waals surface area contributed by atoms with Crippen molar-refractivity contribution >= 4 is 11.7 Å². The van der Waals surface area contributed by atoms with Crippen molar-refractivity contribution in [3.63, 3.8) is 0 Å². The molecule has 1 atom stereocenters. The Morgan fingerprint density at radius 3 is 2.71 bits per heavy atom. The summed E-state index contributed by atoms with van der Waals surface area (Å²) in [5.41, 5.74) is 1.44. The quantitative estimate of drug-likeness (QED) is 0.483. The summed E-state index contributed by atoms with van der Waals surface area (Å²) in [7, 11) is 0. The molecular weight excluding hydrogens is 272 g/mol. The summed E-state index contributed by atoms with van der Waals surface area (Å²) in [6.07, 6.45) is 5.11. The molecule has 0 saturated carbocycles. The predicted molar refractivity (Wildman–Crippen MR) is 75.3 cm³/mol. The van der Waals surface area contributed by atoms with Crippen molar-refractivity contribution in [1.29, 1.82) is 0 Å². The van der Waals surface area contributed by atoms with Crippen LogP contribution in [0.3, 0.4) is 0 Å². The molecule has 2 heterocycles. The Morgan fingerprint density at radius 1 is 1.33 bits per heavy atom. The van der Waals surface area contributed by atoms with Gasteiger partial charge in [-0.1, -0.05) is 6.08 Å². The second-order valence-electron chi connectivity index (χ2n) is 5.30. The molecule has 0 N–H and O–H groups in total. The number of esters is 1. The monoisotopic (exact) mass is 288 g/mol. The van der Waals surface area contributed by atoms with Crippen LogP contribution >= 0.6 is 0 Å². The number of fused-ring (bicyclic) bond motifs is 1. The minimum Gasteiger partial charge on any atom is -0.456 e. The van der Waals surface area contributed by atoms with Crippen molar-refractivity contribution in [3.05, 3.63) is 51.7 Å². The van der Waals surface area contributed by atoms with Crippen molar-refractivity contribution in [2.24, 2.45) is 0 Å². The molecule has 6 heteroatoms. The highest BCUT2D eigenvalue weighted by Crippen LogP contribution is 2.31. The van der Waals surface area contributed by atoms with Gasteiger partial charge in [0.1, 0.15) is 12.3 Å². The van der Waals surface area contributed by atoms with Gasteiger partial charge in [-0.2, -0.15) is 0 Å². The minimum absolute atomic E-state index is 0.0310. The van der Waals surface area contributed by atoms with Crippen molar-refractivity contribution < 1.29 is 14.5 Å². The fourth-order valence-corrected chi connectivity index (χ4v) is 2.73. The molecule has 21 heavy (non-hydrogen) atoms. The summed E-state index contributed by atoms with van der Waals surface area (Å²) in [4.78, 5) is 24.3. The first kappa shape index (κ1) is 13.6. The van der Waals surface area contributed by atoms with Crippen LogP contribution in [0.25, 0.3) is 0 Å². The number of nitrogens with zero attached hydrogens (tertiary/aromatic N) is 2. The lowest BCUT2D eigenvalue weighted by molar-refractivity contribution is -0.384. The van der Waals surface area contributed by atoms with E-state index in [-0.39, 0.29) is 18.3 Å². The molecule has 1 fully saturated rings. The van der Waals surface area contributed by atoms with Gasteiger partial charge in [-0.05, 0) is 37.0 Å². The first-order valence-corrected chi connectivity index (χ1v) is 7.02. The maximum Gasteiger partial charge on any atom is 0.354 e. The predicted octanol–water partition coefficient (Wildman–Crippen LogP) is 2.39. The van der Waals surface area contributed by atoms with Gasteiger partial charge < -0.3 is 9.64 Å². The van der Waals surface area contributed by atoms with Gasteiger partial charge in [0.25, 0.3) is 5.69 Å². The molecule has 1 unspecified atom stereocenters. The Morgan fingerprint density at radius 2 is 2.10 bits per heavy atom. The Bertz CT molecular complexity index is 594. The third-order valence-electron chi connectivity index (χ3n) is 4.02. The van der Waals surface area contributed by atoms with E-state index in [0.717, 1.165) is 31.4 Å². The lowest BCUT2D eigenvalue weighted by atomic mass is 9.92. The third kappa shape index (κ3) is 2.74. The first-order valence-electron chi connectivity index (χ1n) is 7.02. The van der Waals surface area contributed by atoms with Gasteiger partial charge in [-0.25, -0.2) is 4.79 Å². The van der Waals surface area contributed by atoms with E-state index in [1.807, 2.05) is 6.08 Å². The van der Waals surface area contributed by atoms with Crippen LogP contribution in [-0.4, -0.2) is 28.4 Å². The minimum atomic E-state index is -0.452. The molecule has 1 saturated heterocycles. The van der Waals surface area contributed by atoms with E-state index in [1.54, 1.807) is 12.1 Å². The Balaban J connectivity index is 1.58. The lowest BCUT2D eigenvalue weighted by Crippen LogP contribution is -2.50. The topological polar surface area (TPSA) is 72.7 Å². The van der Waals surface area contributed by atoms with Crippen LogP contribution in [0.5, 0.6) is 0 Å². The molecule has 6 nitrogen and oxygen atoms in total. The number of nitro groups is 1. The molecule has 2 aliphatic heterocycles. The number of hydrogen-bond acceptors (Lipinski definition) is 5. The van der Waals surface area contributed by atoms with E-state index in [9.17, 15) is 14.9 Å². The maximum absolute atomic E-state index is 12.1. The largest absolute Gasteiger partial charge is 0.456 e. The Hall–Kier alpha value is -2.37. The second kappa shape index (κ2) is 5.55. The first-order chi connectivity index (χ1) is 10.1. The van der Waals surface area contributed by atoms with Gasteiger partial charge in [0, 0.05) is 24.7 Å². The fourth-order valence-electron chi connectivity index (χ4n) is 2.73. The summed E-state index contributed by atoms with van der Waals surface area (Å²) in [6, 6.07) is 6.53. The van der Waals surface area contributed by atoms with Crippen molar-refractivity contribution in [1.82, 2.24) is 4.90 Å². The summed E-state index contributed by atoms with van der Waals surface area (Å²) in [6.45, 7) is 1.05. The highest BCUT2D eigenvalue weighted by Gasteiger charge is 2.35. The molecule has 1 aromatic carbocycles. The SMILES string of the molecule is O=C(OCc1ccc([N+](=O)[O-])cc1)C1=CCCC2CCN12. The van der Waals surface area contributed by atoms with Crippen LogP contribution in [-0.2, 0) is 16.1 Å². The van der Waals surface area contributed by atoms with Crippen LogP contribution in [0, 0.1) is 10.1 Å². The van der Waals surface area contributed by atoms with Gasteiger partial charge in [0.15, 0.2) is 0 Å². The molecule has 0 amide bonds. The number of rotatable bonds is 4. The number of hydrogen-bond donors (Lipinski definition) is 0. The van der Waals surface area contributed by atoms with E-state index < -0.39 is 4.92 Å². The molecule has 110 valence electrons. The van der Waals surface area contributed by atoms with Crippen LogP contribution < -0.4 is 0 Å². The van der Waals surface area contributed by atoms with Gasteiger partial charge >= 0.3 is 5.97 Å². The highest BCUT2D eigenvalue weighted by atomic mass is 16.6. The van der Waals surface area contributed by atoms with Crippen molar-refractivity contribution in [2.75, 3.05) is 6.54 Å². The zero-order valence-electron chi connectivity index (χ0n) is 11.5. The number of non-ortho nitro benzene ring substituents is 1. The number of ether oxygens (including phenoxy) is 1. The maximum atomic E-state index is 12.1. The molecule has 2 aliphatic rings. The molecule has 0 spiro atoms. The average molecular weight is 288 g/mol. The summed E-state index contributed by atoms with van der Waals surface area (Å²) < 4.78 is 5.30. The third-order valence-corrected chi connectivity index (χ3v) is 4.02. The van der Waals surface area contributed by atoms with Crippen molar-refractivity contribution in [3.8, 4) is 0 Å². The highest BCUT2D eigenvalue weighted by molar-refractivity contribution is 5.88. The summed E-state index contributed by atoms with van der Waals surface area (Å²) in [5.74, 6) is -0.308. The smallest absolute Gasteiger partial charge is 0.354 e. The number of carbonyl (C=O) groups excluding carboxylic acids is 1. The Kier molecular flexibility index (Phi) is 3.60. The second-order valence-corrected chi connectivity index (χ2v) is 5.30. The number of nitro benzene ring substituents is 1.